The molecule has 0 aliphatic rings. The second-order valence-electron chi connectivity index (χ2n) is 3.78. The van der Waals surface area contributed by atoms with Crippen LogP contribution >= 0.6 is 0 Å². The summed E-state index contributed by atoms with van der Waals surface area (Å²) in [5.74, 6) is -0.187. The van der Waals surface area contributed by atoms with Crippen LogP contribution in [0.1, 0.15) is 22.5 Å². The predicted molar refractivity (Wildman–Crippen MR) is 62.7 cm³/mol. The van der Waals surface area contributed by atoms with Crippen LogP contribution in [0.25, 0.3) is 11.0 Å². The zero-order chi connectivity index (χ0) is 12.3. The van der Waals surface area contributed by atoms with E-state index in [0.29, 0.717) is 24.2 Å². The molecule has 0 aromatic carbocycles. The summed E-state index contributed by atoms with van der Waals surface area (Å²) in [7, 11) is 0. The third-order valence-electron chi connectivity index (χ3n) is 2.48. The molecule has 0 fully saturated rings. The number of amides is 1. The SMILES string of the molecule is Cc1[nH]nc2ncc(C(=O)NCCCO)cc12. The highest BCUT2D eigenvalue weighted by Gasteiger charge is 2.09. The summed E-state index contributed by atoms with van der Waals surface area (Å²) < 4.78 is 0. The maximum Gasteiger partial charge on any atom is 0.252 e. The molecule has 0 saturated heterocycles. The van der Waals surface area contributed by atoms with E-state index in [1.54, 1.807) is 6.07 Å². The van der Waals surface area contributed by atoms with E-state index in [9.17, 15) is 4.79 Å². The number of aromatic amines is 1. The van der Waals surface area contributed by atoms with Gasteiger partial charge >= 0.3 is 0 Å². The van der Waals surface area contributed by atoms with Gasteiger partial charge in [0.25, 0.3) is 5.91 Å². The van der Waals surface area contributed by atoms with E-state index in [4.69, 9.17) is 5.11 Å². The monoisotopic (exact) mass is 234 g/mol. The van der Waals surface area contributed by atoms with Gasteiger partial charge in [-0.25, -0.2) is 4.98 Å². The second kappa shape index (κ2) is 4.92. The Morgan fingerprint density at radius 2 is 2.41 bits per heavy atom. The van der Waals surface area contributed by atoms with E-state index < -0.39 is 0 Å². The summed E-state index contributed by atoms with van der Waals surface area (Å²) in [6, 6.07) is 1.76. The average Bonchev–Trinajstić information content (AvgIpc) is 2.71. The maximum atomic E-state index is 11.7. The molecule has 0 radical (unpaired) electrons. The van der Waals surface area contributed by atoms with Gasteiger partial charge < -0.3 is 10.4 Å². The number of rotatable bonds is 4. The molecule has 0 aliphatic carbocycles. The smallest absolute Gasteiger partial charge is 0.252 e. The molecule has 0 unspecified atom stereocenters. The van der Waals surface area contributed by atoms with Crippen molar-refractivity contribution in [2.24, 2.45) is 0 Å². The second-order valence-corrected chi connectivity index (χ2v) is 3.78. The largest absolute Gasteiger partial charge is 0.396 e. The van der Waals surface area contributed by atoms with Crippen molar-refractivity contribution in [2.75, 3.05) is 13.2 Å². The minimum atomic E-state index is -0.187. The first kappa shape index (κ1) is 11.5. The lowest BCUT2D eigenvalue weighted by molar-refractivity contribution is 0.0951. The first-order chi connectivity index (χ1) is 8.22. The van der Waals surface area contributed by atoms with Gasteiger partial charge in [0, 0.05) is 30.4 Å². The Hall–Kier alpha value is -1.95. The Bertz CT molecular complexity index is 535. The molecule has 0 spiro atoms. The number of pyridine rings is 1. The van der Waals surface area contributed by atoms with Gasteiger partial charge in [0.1, 0.15) is 0 Å². The molecule has 0 saturated carbocycles. The van der Waals surface area contributed by atoms with Crippen LogP contribution in [0.5, 0.6) is 0 Å². The number of H-pyrrole nitrogens is 1. The van der Waals surface area contributed by atoms with Crippen LogP contribution in [0.2, 0.25) is 0 Å². The Balaban J connectivity index is 2.17. The van der Waals surface area contributed by atoms with Gasteiger partial charge in [0.05, 0.1) is 5.56 Å². The van der Waals surface area contributed by atoms with Gasteiger partial charge in [0.15, 0.2) is 5.65 Å². The number of fused-ring (bicyclic) bond motifs is 1. The lowest BCUT2D eigenvalue weighted by Crippen LogP contribution is -2.25. The number of aromatic nitrogens is 3. The third-order valence-corrected chi connectivity index (χ3v) is 2.48. The van der Waals surface area contributed by atoms with Gasteiger partial charge in [-0.05, 0) is 19.4 Å². The molecule has 0 bridgehead atoms. The average molecular weight is 234 g/mol. The molecule has 3 N–H and O–H groups in total. The van der Waals surface area contributed by atoms with Gasteiger partial charge in [-0.1, -0.05) is 0 Å². The minimum absolute atomic E-state index is 0.0679. The number of aliphatic hydroxyl groups is 1. The van der Waals surface area contributed by atoms with Gasteiger partial charge in [0.2, 0.25) is 0 Å². The number of hydrogen-bond acceptors (Lipinski definition) is 4. The number of aryl methyl sites for hydroxylation is 1. The highest BCUT2D eigenvalue weighted by molar-refractivity contribution is 5.97. The summed E-state index contributed by atoms with van der Waals surface area (Å²) in [4.78, 5) is 15.8. The Kier molecular flexibility index (Phi) is 3.34. The van der Waals surface area contributed by atoms with E-state index >= 15 is 0 Å². The number of nitrogens with zero attached hydrogens (tertiary/aromatic N) is 2. The fraction of sp³-hybridized carbons (Fsp3) is 0.364. The standard InChI is InChI=1S/C11H14N4O2/c1-7-9-5-8(6-13-10(9)15-14-7)11(17)12-3-2-4-16/h5-6,16H,2-4H2,1H3,(H,12,17)(H,13,14,15). The number of carbonyl (C=O) groups excluding carboxylic acids is 1. The molecular weight excluding hydrogens is 220 g/mol. The summed E-state index contributed by atoms with van der Waals surface area (Å²) in [6.45, 7) is 2.40. The van der Waals surface area contributed by atoms with Crippen molar-refractivity contribution in [3.05, 3.63) is 23.5 Å². The highest BCUT2D eigenvalue weighted by Crippen LogP contribution is 2.14. The van der Waals surface area contributed by atoms with Crippen molar-refractivity contribution in [1.29, 1.82) is 0 Å². The molecule has 2 heterocycles. The molecule has 90 valence electrons. The molecule has 0 aliphatic heterocycles. The molecular formula is C11H14N4O2. The van der Waals surface area contributed by atoms with E-state index in [1.165, 1.54) is 6.20 Å². The van der Waals surface area contributed by atoms with Gasteiger partial charge in [-0.2, -0.15) is 5.10 Å². The first-order valence-corrected chi connectivity index (χ1v) is 5.42. The molecule has 0 atom stereocenters. The fourth-order valence-corrected chi connectivity index (χ4v) is 1.53. The molecule has 6 nitrogen and oxygen atoms in total. The third kappa shape index (κ3) is 2.42. The Labute approximate surface area is 98.1 Å². The van der Waals surface area contributed by atoms with Crippen molar-refractivity contribution >= 4 is 16.9 Å². The number of nitrogens with one attached hydrogen (secondary N) is 2. The highest BCUT2D eigenvalue weighted by atomic mass is 16.3. The van der Waals surface area contributed by atoms with Crippen LogP contribution in [-0.4, -0.2) is 39.3 Å². The van der Waals surface area contributed by atoms with Crippen LogP contribution < -0.4 is 5.32 Å². The Morgan fingerprint density at radius 1 is 1.59 bits per heavy atom. The van der Waals surface area contributed by atoms with Crippen LogP contribution in [0.3, 0.4) is 0 Å². The molecule has 2 aromatic heterocycles. The van der Waals surface area contributed by atoms with Gasteiger partial charge in [-0.3, -0.25) is 9.89 Å². The van der Waals surface area contributed by atoms with Gasteiger partial charge in [-0.15, -0.1) is 0 Å². The minimum Gasteiger partial charge on any atom is -0.396 e. The number of aliphatic hydroxyl groups excluding tert-OH is 1. The van der Waals surface area contributed by atoms with Crippen molar-refractivity contribution < 1.29 is 9.90 Å². The molecule has 6 heteroatoms. The van der Waals surface area contributed by atoms with Crippen LogP contribution in [0.4, 0.5) is 0 Å². The van der Waals surface area contributed by atoms with Crippen molar-refractivity contribution in [1.82, 2.24) is 20.5 Å². The topological polar surface area (TPSA) is 90.9 Å². The maximum absolute atomic E-state index is 11.7. The number of carbonyl (C=O) groups is 1. The summed E-state index contributed by atoms with van der Waals surface area (Å²) in [6.07, 6.45) is 2.04. The molecule has 17 heavy (non-hydrogen) atoms. The quantitative estimate of drug-likeness (QED) is 0.667. The van der Waals surface area contributed by atoms with E-state index in [1.807, 2.05) is 6.92 Å². The Morgan fingerprint density at radius 3 is 3.18 bits per heavy atom. The number of hydrogen-bond donors (Lipinski definition) is 3. The van der Waals surface area contributed by atoms with E-state index in [-0.39, 0.29) is 12.5 Å². The predicted octanol–water partition coefficient (Wildman–Crippen LogP) is 0.379. The summed E-state index contributed by atoms with van der Waals surface area (Å²) in [5, 5.41) is 19.0. The van der Waals surface area contributed by atoms with E-state index in [2.05, 4.69) is 20.5 Å². The molecule has 2 aromatic rings. The zero-order valence-corrected chi connectivity index (χ0v) is 9.53. The molecule has 2 rings (SSSR count). The van der Waals surface area contributed by atoms with Crippen molar-refractivity contribution in [3.63, 3.8) is 0 Å². The van der Waals surface area contributed by atoms with Crippen molar-refractivity contribution in [3.8, 4) is 0 Å². The normalized spacial score (nSPS) is 10.7. The summed E-state index contributed by atoms with van der Waals surface area (Å²) >= 11 is 0. The zero-order valence-electron chi connectivity index (χ0n) is 9.53. The fourth-order valence-electron chi connectivity index (χ4n) is 1.53. The van der Waals surface area contributed by atoms with Crippen molar-refractivity contribution in [2.45, 2.75) is 13.3 Å². The lowest BCUT2D eigenvalue weighted by atomic mass is 10.2. The van der Waals surface area contributed by atoms with Crippen LogP contribution in [0, 0.1) is 6.92 Å². The summed E-state index contributed by atoms with van der Waals surface area (Å²) in [5.41, 5.74) is 1.99. The van der Waals surface area contributed by atoms with Crippen LogP contribution in [-0.2, 0) is 0 Å². The van der Waals surface area contributed by atoms with Crippen LogP contribution in [0.15, 0.2) is 12.3 Å². The van der Waals surface area contributed by atoms with E-state index in [0.717, 1.165) is 11.1 Å². The lowest BCUT2D eigenvalue weighted by Gasteiger charge is -2.03. The molecule has 1 amide bonds. The first-order valence-electron chi connectivity index (χ1n) is 5.42.